The monoisotopic (exact) mass is 224 g/mol. The van der Waals surface area contributed by atoms with Gasteiger partial charge in [-0.3, -0.25) is 4.90 Å². The standard InChI is InChI=1S/C14H28N2/c1-3-16(10-13-5-4-6-13)14(2,11-15)9-12-7-8-12/h12-13H,3-11,15H2,1-2H3. The first-order chi connectivity index (χ1) is 7.68. The first-order valence-electron chi connectivity index (χ1n) is 7.13. The second kappa shape index (κ2) is 5.05. The van der Waals surface area contributed by atoms with Crippen molar-refractivity contribution in [3.63, 3.8) is 0 Å². The second-order valence-corrected chi connectivity index (χ2v) is 6.18. The number of rotatable bonds is 7. The van der Waals surface area contributed by atoms with Crippen molar-refractivity contribution in [2.24, 2.45) is 17.6 Å². The van der Waals surface area contributed by atoms with Crippen LogP contribution in [0.1, 0.15) is 52.4 Å². The van der Waals surface area contributed by atoms with Gasteiger partial charge in [0.2, 0.25) is 0 Å². The maximum atomic E-state index is 6.05. The molecule has 0 spiro atoms. The minimum absolute atomic E-state index is 0.269. The van der Waals surface area contributed by atoms with Crippen LogP contribution in [0.2, 0.25) is 0 Å². The Morgan fingerprint density at radius 2 is 1.88 bits per heavy atom. The molecule has 0 aliphatic heterocycles. The Kier molecular flexibility index (Phi) is 3.91. The molecule has 0 saturated heterocycles. The molecule has 2 rings (SSSR count). The average molecular weight is 224 g/mol. The minimum Gasteiger partial charge on any atom is -0.329 e. The van der Waals surface area contributed by atoms with E-state index in [0.717, 1.165) is 24.9 Å². The lowest BCUT2D eigenvalue weighted by atomic mass is 9.83. The predicted molar refractivity (Wildman–Crippen MR) is 69.4 cm³/mol. The van der Waals surface area contributed by atoms with Crippen molar-refractivity contribution in [3.05, 3.63) is 0 Å². The van der Waals surface area contributed by atoms with Gasteiger partial charge in [-0.25, -0.2) is 0 Å². The smallest absolute Gasteiger partial charge is 0.0306 e. The van der Waals surface area contributed by atoms with Gasteiger partial charge in [-0.15, -0.1) is 0 Å². The second-order valence-electron chi connectivity index (χ2n) is 6.18. The van der Waals surface area contributed by atoms with Crippen LogP contribution in [-0.4, -0.2) is 30.1 Å². The number of hydrogen-bond donors (Lipinski definition) is 1. The highest BCUT2D eigenvalue weighted by atomic mass is 15.2. The molecule has 1 unspecified atom stereocenters. The van der Waals surface area contributed by atoms with E-state index in [4.69, 9.17) is 5.73 Å². The molecule has 0 heterocycles. The summed E-state index contributed by atoms with van der Waals surface area (Å²) in [4.78, 5) is 2.66. The Balaban J connectivity index is 1.90. The Bertz CT molecular complexity index is 221. The molecule has 0 amide bonds. The molecule has 2 saturated carbocycles. The summed E-state index contributed by atoms with van der Waals surface area (Å²) in [6, 6.07) is 0. The van der Waals surface area contributed by atoms with Crippen molar-refractivity contribution >= 4 is 0 Å². The maximum absolute atomic E-state index is 6.05. The summed E-state index contributed by atoms with van der Waals surface area (Å²) in [5.41, 5.74) is 6.32. The van der Waals surface area contributed by atoms with Crippen LogP contribution in [-0.2, 0) is 0 Å². The van der Waals surface area contributed by atoms with Gasteiger partial charge < -0.3 is 5.73 Å². The van der Waals surface area contributed by atoms with Gasteiger partial charge in [0.25, 0.3) is 0 Å². The fourth-order valence-electron chi connectivity index (χ4n) is 3.00. The third-order valence-electron chi connectivity index (χ3n) is 4.71. The molecule has 1 atom stereocenters. The highest BCUT2D eigenvalue weighted by Crippen LogP contribution is 2.39. The van der Waals surface area contributed by atoms with Gasteiger partial charge in [0.1, 0.15) is 0 Å². The number of nitrogens with zero attached hydrogens (tertiary/aromatic N) is 1. The molecule has 2 aliphatic carbocycles. The van der Waals surface area contributed by atoms with Gasteiger partial charge in [-0.05, 0) is 44.6 Å². The zero-order chi connectivity index (χ0) is 11.6. The molecule has 2 aliphatic rings. The van der Waals surface area contributed by atoms with E-state index in [9.17, 15) is 0 Å². The summed E-state index contributed by atoms with van der Waals surface area (Å²) in [5, 5.41) is 0. The maximum Gasteiger partial charge on any atom is 0.0306 e. The van der Waals surface area contributed by atoms with E-state index >= 15 is 0 Å². The molecule has 0 aromatic rings. The van der Waals surface area contributed by atoms with E-state index in [1.807, 2.05) is 0 Å². The van der Waals surface area contributed by atoms with Crippen LogP contribution in [0, 0.1) is 11.8 Å². The van der Waals surface area contributed by atoms with E-state index in [1.165, 1.54) is 45.1 Å². The molecule has 2 N–H and O–H groups in total. The lowest BCUT2D eigenvalue weighted by molar-refractivity contribution is 0.0653. The largest absolute Gasteiger partial charge is 0.329 e. The third kappa shape index (κ3) is 2.78. The Morgan fingerprint density at radius 1 is 1.19 bits per heavy atom. The minimum atomic E-state index is 0.269. The zero-order valence-electron chi connectivity index (χ0n) is 11.0. The Morgan fingerprint density at radius 3 is 2.25 bits per heavy atom. The van der Waals surface area contributed by atoms with E-state index < -0.39 is 0 Å². The van der Waals surface area contributed by atoms with E-state index in [-0.39, 0.29) is 5.54 Å². The number of hydrogen-bond acceptors (Lipinski definition) is 2. The molecule has 0 aromatic carbocycles. The summed E-state index contributed by atoms with van der Waals surface area (Å²) >= 11 is 0. The van der Waals surface area contributed by atoms with Crippen molar-refractivity contribution in [1.82, 2.24) is 4.90 Å². The van der Waals surface area contributed by atoms with Crippen LogP contribution >= 0.6 is 0 Å². The lowest BCUT2D eigenvalue weighted by Crippen LogP contribution is -2.54. The van der Waals surface area contributed by atoms with Crippen LogP contribution in [0.25, 0.3) is 0 Å². The van der Waals surface area contributed by atoms with Crippen molar-refractivity contribution in [2.45, 2.75) is 57.9 Å². The fourth-order valence-corrected chi connectivity index (χ4v) is 3.00. The van der Waals surface area contributed by atoms with Crippen molar-refractivity contribution in [2.75, 3.05) is 19.6 Å². The first-order valence-corrected chi connectivity index (χ1v) is 7.13. The van der Waals surface area contributed by atoms with Gasteiger partial charge in [0.05, 0.1) is 0 Å². The molecule has 94 valence electrons. The highest BCUT2D eigenvalue weighted by Gasteiger charge is 2.37. The van der Waals surface area contributed by atoms with E-state index in [2.05, 4.69) is 18.7 Å². The molecule has 0 bridgehead atoms. The van der Waals surface area contributed by atoms with Crippen LogP contribution < -0.4 is 5.73 Å². The third-order valence-corrected chi connectivity index (χ3v) is 4.71. The number of likely N-dealkylation sites (N-methyl/N-ethyl adjacent to an activating group) is 1. The average Bonchev–Trinajstić information content (AvgIpc) is 3.00. The summed E-state index contributed by atoms with van der Waals surface area (Å²) in [5.74, 6) is 1.94. The molecule has 2 fully saturated rings. The Hall–Kier alpha value is -0.0800. The fraction of sp³-hybridized carbons (Fsp3) is 1.00. The van der Waals surface area contributed by atoms with Gasteiger partial charge in [0, 0.05) is 18.6 Å². The summed E-state index contributed by atoms with van der Waals surface area (Å²) in [6.45, 7) is 7.95. The van der Waals surface area contributed by atoms with Crippen LogP contribution in [0.5, 0.6) is 0 Å². The quantitative estimate of drug-likeness (QED) is 0.720. The normalized spacial score (nSPS) is 25.5. The molecule has 2 nitrogen and oxygen atoms in total. The molecule has 16 heavy (non-hydrogen) atoms. The highest BCUT2D eigenvalue weighted by molar-refractivity contribution is 4.93. The topological polar surface area (TPSA) is 29.3 Å². The van der Waals surface area contributed by atoms with Gasteiger partial charge in [-0.2, -0.15) is 0 Å². The van der Waals surface area contributed by atoms with E-state index in [1.54, 1.807) is 0 Å². The zero-order valence-corrected chi connectivity index (χ0v) is 11.0. The van der Waals surface area contributed by atoms with Crippen molar-refractivity contribution < 1.29 is 0 Å². The summed E-state index contributed by atoms with van der Waals surface area (Å²) < 4.78 is 0. The van der Waals surface area contributed by atoms with Gasteiger partial charge in [-0.1, -0.05) is 26.2 Å². The Labute approximate surface area is 101 Å². The lowest BCUT2D eigenvalue weighted by Gasteiger charge is -2.44. The summed E-state index contributed by atoms with van der Waals surface area (Å²) in [7, 11) is 0. The molecular formula is C14H28N2. The van der Waals surface area contributed by atoms with Crippen LogP contribution in [0.15, 0.2) is 0 Å². The molecule has 2 heteroatoms. The van der Waals surface area contributed by atoms with E-state index in [0.29, 0.717) is 0 Å². The first kappa shape index (κ1) is 12.4. The predicted octanol–water partition coefficient (Wildman–Crippen LogP) is 2.63. The molecule has 0 radical (unpaired) electrons. The molecular weight excluding hydrogens is 196 g/mol. The number of nitrogens with two attached hydrogens (primary N) is 1. The summed E-state index contributed by atoms with van der Waals surface area (Å²) in [6.07, 6.45) is 8.54. The van der Waals surface area contributed by atoms with Crippen molar-refractivity contribution in [1.29, 1.82) is 0 Å². The van der Waals surface area contributed by atoms with Gasteiger partial charge >= 0.3 is 0 Å². The van der Waals surface area contributed by atoms with Crippen molar-refractivity contribution in [3.8, 4) is 0 Å². The van der Waals surface area contributed by atoms with Crippen LogP contribution in [0.3, 0.4) is 0 Å². The SMILES string of the molecule is CCN(CC1CCC1)C(C)(CN)CC1CC1. The van der Waals surface area contributed by atoms with Gasteiger partial charge in [0.15, 0.2) is 0 Å². The van der Waals surface area contributed by atoms with Crippen LogP contribution in [0.4, 0.5) is 0 Å². The molecule has 0 aromatic heterocycles.